The maximum absolute atomic E-state index is 12.9. The molecule has 3 heteroatoms. The smallest absolute Gasteiger partial charge is 0.173 e. The van der Waals surface area contributed by atoms with E-state index in [1.165, 1.54) is 6.07 Å². The Hall–Kier alpha value is -0.890. The first-order chi connectivity index (χ1) is 5.20. The van der Waals surface area contributed by atoms with Crippen molar-refractivity contribution in [2.24, 2.45) is 0 Å². The molecule has 1 aromatic rings. The third-order valence-corrected chi connectivity index (χ3v) is 1.30. The Labute approximate surface area is 78.0 Å². The Morgan fingerprint density at radius 1 is 1.25 bits per heavy atom. The van der Waals surface area contributed by atoms with Crippen LogP contribution in [-0.4, -0.2) is 24.9 Å². The molecule has 0 bridgehead atoms. The van der Waals surface area contributed by atoms with Gasteiger partial charge in [-0.15, -0.1) is 0 Å². The van der Waals surface area contributed by atoms with Crippen molar-refractivity contribution in [3.63, 3.8) is 0 Å². The predicted molar refractivity (Wildman–Crippen MR) is 43.7 cm³/mol. The summed E-state index contributed by atoms with van der Waals surface area (Å²) < 4.78 is 14.7. The van der Waals surface area contributed by atoms with Crippen LogP contribution in [0.25, 0.3) is 0 Å². The van der Waals surface area contributed by atoms with Gasteiger partial charge in [0.1, 0.15) is 19.9 Å². The topological polar surface area (TPSA) is 3.01 Å². The van der Waals surface area contributed by atoms with Gasteiger partial charge in [-0.05, 0) is 12.1 Å². The Morgan fingerprint density at radius 3 is 2.33 bits per heavy atom. The normalized spacial score (nSPS) is 8.58. The minimum Gasteiger partial charge on any atom is -1.00 e. The van der Waals surface area contributed by atoms with Crippen LogP contribution in [-0.2, 0) is 0 Å². The number of hydrogen-bond donors (Lipinski definition) is 0. The van der Waals surface area contributed by atoms with Gasteiger partial charge < -0.3 is 12.4 Å². The van der Waals surface area contributed by atoms with Crippen LogP contribution in [0.5, 0.6) is 0 Å². The number of halogens is 2. The first kappa shape index (κ1) is 11.1. The van der Waals surface area contributed by atoms with Gasteiger partial charge in [-0.25, -0.2) is 8.97 Å². The van der Waals surface area contributed by atoms with Crippen molar-refractivity contribution in [3.8, 4) is 0 Å². The van der Waals surface area contributed by atoms with E-state index in [0.717, 1.165) is 0 Å². The second-order valence-electron chi connectivity index (χ2n) is 2.61. The van der Waals surface area contributed by atoms with Crippen molar-refractivity contribution in [1.82, 2.24) is 0 Å². The lowest BCUT2D eigenvalue weighted by atomic mass is 10.2. The zero-order chi connectivity index (χ0) is 8.27. The number of hydrogen-bond acceptors (Lipinski definition) is 0. The second-order valence-corrected chi connectivity index (χ2v) is 2.61. The lowest BCUT2D eigenvalue weighted by Crippen LogP contribution is -3.00. The van der Waals surface area contributed by atoms with Gasteiger partial charge in [0.05, 0.1) is 5.56 Å². The largest absolute Gasteiger partial charge is 1.00 e. The van der Waals surface area contributed by atoms with Gasteiger partial charge >= 0.3 is 0 Å². The van der Waals surface area contributed by atoms with Gasteiger partial charge in [0.25, 0.3) is 0 Å². The first-order valence-corrected chi connectivity index (χ1v) is 3.46. The molecule has 0 aliphatic heterocycles. The summed E-state index contributed by atoms with van der Waals surface area (Å²) in [6.07, 6.45) is 1.75. The molecule has 0 heterocycles. The molecule has 0 saturated carbocycles. The summed E-state index contributed by atoms with van der Waals surface area (Å²) in [7, 11) is 3.74. The van der Waals surface area contributed by atoms with E-state index in [9.17, 15) is 4.39 Å². The van der Waals surface area contributed by atoms with Crippen LogP contribution < -0.4 is 12.4 Å². The summed E-state index contributed by atoms with van der Waals surface area (Å²) >= 11 is 0. The highest BCUT2D eigenvalue weighted by Gasteiger charge is 1.98. The fourth-order valence-electron chi connectivity index (χ4n) is 0.858. The number of rotatable bonds is 1. The van der Waals surface area contributed by atoms with Crippen molar-refractivity contribution in [2.75, 3.05) is 14.1 Å². The average molecular weight is 188 g/mol. The van der Waals surface area contributed by atoms with E-state index in [-0.39, 0.29) is 18.2 Å². The summed E-state index contributed by atoms with van der Waals surface area (Å²) in [4.78, 5) is 0. The van der Waals surface area contributed by atoms with Gasteiger partial charge in [0.15, 0.2) is 6.21 Å². The molecule has 1 rings (SSSR count). The third-order valence-electron chi connectivity index (χ3n) is 1.30. The summed E-state index contributed by atoms with van der Waals surface area (Å²) in [6, 6.07) is 6.70. The number of benzene rings is 1. The van der Waals surface area contributed by atoms with Crippen molar-refractivity contribution in [2.45, 2.75) is 0 Å². The number of nitrogens with zero attached hydrogens (tertiary/aromatic N) is 1. The van der Waals surface area contributed by atoms with E-state index in [0.29, 0.717) is 5.56 Å². The molecule has 0 radical (unpaired) electrons. The Kier molecular flexibility index (Phi) is 4.52. The molecule has 0 N–H and O–H groups in total. The van der Waals surface area contributed by atoms with E-state index in [1.807, 2.05) is 24.7 Å². The van der Waals surface area contributed by atoms with E-state index >= 15 is 0 Å². The molecule has 1 nitrogen and oxygen atoms in total. The summed E-state index contributed by atoms with van der Waals surface area (Å²) in [5, 5.41) is 0. The average Bonchev–Trinajstić information content (AvgIpc) is 1.93. The molecule has 12 heavy (non-hydrogen) atoms. The highest BCUT2D eigenvalue weighted by molar-refractivity contribution is 5.75. The predicted octanol–water partition coefficient (Wildman–Crippen LogP) is -1.48. The van der Waals surface area contributed by atoms with Crippen molar-refractivity contribution in [3.05, 3.63) is 35.6 Å². The van der Waals surface area contributed by atoms with Crippen LogP contribution in [0, 0.1) is 5.82 Å². The molecule has 0 spiro atoms. The highest BCUT2D eigenvalue weighted by Crippen LogP contribution is 2.01. The van der Waals surface area contributed by atoms with Crippen molar-refractivity contribution in [1.29, 1.82) is 0 Å². The molecular formula is C9H11ClFN. The molecule has 0 atom stereocenters. The molecule has 0 unspecified atom stereocenters. The van der Waals surface area contributed by atoms with Gasteiger partial charge in [0.2, 0.25) is 0 Å². The monoisotopic (exact) mass is 187 g/mol. The van der Waals surface area contributed by atoms with Gasteiger partial charge in [0, 0.05) is 0 Å². The first-order valence-electron chi connectivity index (χ1n) is 3.46. The molecular weight excluding hydrogens is 177 g/mol. The molecule has 0 fully saturated rings. The van der Waals surface area contributed by atoms with Crippen LogP contribution >= 0.6 is 0 Å². The Morgan fingerprint density at radius 2 is 1.83 bits per heavy atom. The summed E-state index contributed by atoms with van der Waals surface area (Å²) in [5.74, 6) is -0.179. The summed E-state index contributed by atoms with van der Waals surface area (Å²) in [5.41, 5.74) is 0.623. The van der Waals surface area contributed by atoms with Gasteiger partial charge in [-0.2, -0.15) is 0 Å². The minimum absolute atomic E-state index is 0. The zero-order valence-electron chi connectivity index (χ0n) is 7.09. The lowest BCUT2D eigenvalue weighted by Gasteiger charge is -1.91. The van der Waals surface area contributed by atoms with Gasteiger partial charge in [-0.3, -0.25) is 0 Å². The van der Waals surface area contributed by atoms with Gasteiger partial charge in [-0.1, -0.05) is 12.1 Å². The zero-order valence-corrected chi connectivity index (χ0v) is 7.85. The van der Waals surface area contributed by atoms with E-state index in [4.69, 9.17) is 0 Å². The molecule has 0 saturated heterocycles. The Balaban J connectivity index is 0.00000121. The Bertz CT molecular complexity index is 280. The second kappa shape index (κ2) is 4.88. The van der Waals surface area contributed by atoms with E-state index < -0.39 is 0 Å². The fourth-order valence-corrected chi connectivity index (χ4v) is 0.858. The molecule has 1 aromatic carbocycles. The van der Waals surface area contributed by atoms with Crippen molar-refractivity contribution < 1.29 is 21.4 Å². The van der Waals surface area contributed by atoms with Crippen molar-refractivity contribution >= 4 is 6.21 Å². The van der Waals surface area contributed by atoms with Crippen LogP contribution in [0.2, 0.25) is 0 Å². The molecule has 0 aromatic heterocycles. The molecule has 66 valence electrons. The standard InChI is InChI=1S/C9H11FN.ClH/c1-11(2)7-8-5-3-4-6-9(8)10;/h3-7H,1-2H3;1H/q+1;/p-1. The molecule has 0 aliphatic carbocycles. The summed E-state index contributed by atoms with van der Waals surface area (Å²) in [6.45, 7) is 0. The van der Waals surface area contributed by atoms with Crippen LogP contribution in [0.3, 0.4) is 0 Å². The quantitative estimate of drug-likeness (QED) is 0.373. The third kappa shape index (κ3) is 3.01. The van der Waals surface area contributed by atoms with E-state index in [2.05, 4.69) is 0 Å². The van der Waals surface area contributed by atoms with Crippen LogP contribution in [0.15, 0.2) is 24.3 Å². The fraction of sp³-hybridized carbons (Fsp3) is 0.222. The maximum Gasteiger partial charge on any atom is 0.173 e. The van der Waals surface area contributed by atoms with Crippen LogP contribution in [0.1, 0.15) is 5.56 Å². The van der Waals surface area contributed by atoms with E-state index in [1.54, 1.807) is 18.3 Å². The SMILES string of the molecule is C[N+](C)=Cc1ccccc1F.[Cl-]. The highest BCUT2D eigenvalue weighted by atomic mass is 35.5. The maximum atomic E-state index is 12.9. The molecule has 0 amide bonds. The molecule has 0 aliphatic rings. The lowest BCUT2D eigenvalue weighted by molar-refractivity contribution is -0.458. The minimum atomic E-state index is -0.179. The van der Waals surface area contributed by atoms with Crippen LogP contribution in [0.4, 0.5) is 4.39 Å².